The first-order chi connectivity index (χ1) is 14.5. The number of rotatable bonds is 6. The molecular formula is C22H22F3N3O3. The van der Waals surface area contributed by atoms with Crippen LogP contribution in [0.25, 0.3) is 0 Å². The summed E-state index contributed by atoms with van der Waals surface area (Å²) in [5.74, 6) is -1.09. The topological polar surface area (TPSA) is 78.5 Å². The van der Waals surface area contributed by atoms with Crippen molar-refractivity contribution in [3.05, 3.63) is 54.1 Å². The highest BCUT2D eigenvalue weighted by Gasteiger charge is 2.40. The first-order valence-electron chi connectivity index (χ1n) is 9.75. The van der Waals surface area contributed by atoms with Gasteiger partial charge in [-0.3, -0.25) is 14.4 Å². The van der Waals surface area contributed by atoms with Crippen molar-refractivity contribution in [1.82, 2.24) is 0 Å². The summed E-state index contributed by atoms with van der Waals surface area (Å²) in [5.41, 5.74) is 0.0870. The largest absolute Gasteiger partial charge is 0.416 e. The molecule has 1 saturated heterocycles. The number of amides is 3. The second-order valence-electron chi connectivity index (χ2n) is 7.74. The Hall–Kier alpha value is -3.36. The number of carbonyl (C=O) groups is 3. The van der Waals surface area contributed by atoms with Gasteiger partial charge in [-0.05, 0) is 48.4 Å². The fourth-order valence-electron chi connectivity index (χ4n) is 3.27. The Morgan fingerprint density at radius 2 is 1.74 bits per heavy atom. The van der Waals surface area contributed by atoms with Gasteiger partial charge < -0.3 is 10.6 Å². The molecule has 1 aliphatic rings. The first-order valence-corrected chi connectivity index (χ1v) is 9.75. The molecule has 3 amide bonds. The predicted octanol–water partition coefficient (Wildman–Crippen LogP) is 4.43. The minimum absolute atomic E-state index is 0.107. The van der Waals surface area contributed by atoms with E-state index >= 15 is 0 Å². The van der Waals surface area contributed by atoms with Crippen LogP contribution in [-0.4, -0.2) is 23.8 Å². The van der Waals surface area contributed by atoms with Gasteiger partial charge in [0.25, 0.3) is 5.91 Å². The summed E-state index contributed by atoms with van der Waals surface area (Å²) in [6.45, 7) is 3.88. The van der Waals surface area contributed by atoms with Crippen molar-refractivity contribution in [2.75, 3.05) is 15.5 Å². The van der Waals surface area contributed by atoms with E-state index in [1.165, 1.54) is 6.07 Å². The summed E-state index contributed by atoms with van der Waals surface area (Å²) >= 11 is 0. The van der Waals surface area contributed by atoms with Gasteiger partial charge in [0.1, 0.15) is 6.04 Å². The lowest BCUT2D eigenvalue weighted by atomic mass is 10.1. The summed E-state index contributed by atoms with van der Waals surface area (Å²) < 4.78 is 38.9. The second kappa shape index (κ2) is 8.79. The number of hydrogen-bond acceptors (Lipinski definition) is 4. The van der Waals surface area contributed by atoms with E-state index in [2.05, 4.69) is 10.6 Å². The van der Waals surface area contributed by atoms with E-state index in [1.54, 1.807) is 24.3 Å². The van der Waals surface area contributed by atoms with Gasteiger partial charge in [0.2, 0.25) is 11.8 Å². The third kappa shape index (κ3) is 5.42. The summed E-state index contributed by atoms with van der Waals surface area (Å²) in [4.78, 5) is 37.7. The fraction of sp³-hybridized carbons (Fsp3) is 0.318. The molecule has 3 rings (SSSR count). The average Bonchev–Trinajstić information content (AvgIpc) is 2.95. The molecular weight excluding hydrogens is 411 g/mol. The van der Waals surface area contributed by atoms with Crippen molar-refractivity contribution in [2.45, 2.75) is 38.9 Å². The molecule has 1 atom stereocenters. The summed E-state index contributed by atoms with van der Waals surface area (Å²) in [6, 6.07) is 9.83. The number of imide groups is 1. The molecule has 1 aliphatic heterocycles. The Bertz CT molecular complexity index is 987. The fourth-order valence-corrected chi connectivity index (χ4v) is 3.27. The van der Waals surface area contributed by atoms with Gasteiger partial charge in [-0.25, -0.2) is 4.90 Å². The van der Waals surface area contributed by atoms with Gasteiger partial charge in [0.15, 0.2) is 0 Å². The van der Waals surface area contributed by atoms with Gasteiger partial charge >= 0.3 is 6.18 Å². The minimum Gasteiger partial charge on any atom is -0.373 e. The van der Waals surface area contributed by atoms with Gasteiger partial charge in [0.05, 0.1) is 17.7 Å². The Labute approximate surface area is 177 Å². The standard InChI is InChI=1S/C22H22F3N3O3/c1-13(2)10-19(29)27-16-8-6-15(7-9-16)26-18-12-20(30)28(21(18)31)17-5-3-4-14(11-17)22(23,24)25/h3-9,11,13,18,26H,10,12H2,1-2H3,(H,27,29). The molecule has 0 aromatic heterocycles. The van der Waals surface area contributed by atoms with Crippen LogP contribution in [0.1, 0.15) is 32.3 Å². The van der Waals surface area contributed by atoms with E-state index in [0.717, 1.165) is 23.1 Å². The van der Waals surface area contributed by atoms with Crippen molar-refractivity contribution in [2.24, 2.45) is 5.92 Å². The zero-order valence-electron chi connectivity index (χ0n) is 17.0. The number of carbonyl (C=O) groups excluding carboxylic acids is 3. The van der Waals surface area contributed by atoms with Gasteiger partial charge in [-0.15, -0.1) is 0 Å². The van der Waals surface area contributed by atoms with Crippen LogP contribution in [0.5, 0.6) is 0 Å². The Balaban J connectivity index is 1.68. The third-order valence-corrected chi connectivity index (χ3v) is 4.68. The van der Waals surface area contributed by atoms with Gasteiger partial charge in [0, 0.05) is 17.8 Å². The summed E-state index contributed by atoms with van der Waals surface area (Å²) in [7, 11) is 0. The highest BCUT2D eigenvalue weighted by molar-refractivity contribution is 6.23. The van der Waals surface area contributed by atoms with Crippen LogP contribution >= 0.6 is 0 Å². The van der Waals surface area contributed by atoms with E-state index in [4.69, 9.17) is 0 Å². The van der Waals surface area contributed by atoms with Crippen molar-refractivity contribution < 1.29 is 27.6 Å². The molecule has 2 aromatic rings. The number of alkyl halides is 3. The van der Waals surface area contributed by atoms with Crippen LogP contribution in [0.4, 0.5) is 30.2 Å². The highest BCUT2D eigenvalue weighted by atomic mass is 19.4. The number of nitrogens with one attached hydrogen (secondary N) is 2. The summed E-state index contributed by atoms with van der Waals surface area (Å²) in [6.07, 6.45) is -4.36. The molecule has 1 unspecified atom stereocenters. The maximum absolute atomic E-state index is 13.0. The molecule has 2 N–H and O–H groups in total. The number of nitrogens with zero attached hydrogens (tertiary/aromatic N) is 1. The molecule has 6 nitrogen and oxygen atoms in total. The van der Waals surface area contributed by atoms with Crippen molar-refractivity contribution >= 4 is 34.8 Å². The summed E-state index contributed by atoms with van der Waals surface area (Å²) in [5, 5.41) is 5.70. The number of halogens is 3. The smallest absolute Gasteiger partial charge is 0.373 e. The molecule has 0 aliphatic carbocycles. The minimum atomic E-state index is -4.58. The molecule has 1 fully saturated rings. The lowest BCUT2D eigenvalue weighted by Crippen LogP contribution is -2.35. The van der Waals surface area contributed by atoms with Crippen LogP contribution in [0.15, 0.2) is 48.5 Å². The first kappa shape index (κ1) is 22.3. The van der Waals surface area contributed by atoms with Gasteiger partial charge in [-0.1, -0.05) is 19.9 Å². The lowest BCUT2D eigenvalue weighted by Gasteiger charge is -2.17. The molecule has 0 bridgehead atoms. The third-order valence-electron chi connectivity index (χ3n) is 4.68. The Kier molecular flexibility index (Phi) is 6.33. The SMILES string of the molecule is CC(C)CC(=O)Nc1ccc(NC2CC(=O)N(c3cccc(C(F)(F)F)c3)C2=O)cc1. The van der Waals surface area contributed by atoms with Crippen molar-refractivity contribution in [3.63, 3.8) is 0 Å². The van der Waals surface area contributed by atoms with Crippen LogP contribution in [0, 0.1) is 5.92 Å². The monoisotopic (exact) mass is 433 g/mol. The zero-order valence-corrected chi connectivity index (χ0v) is 17.0. The highest BCUT2D eigenvalue weighted by Crippen LogP contribution is 2.33. The second-order valence-corrected chi connectivity index (χ2v) is 7.74. The number of anilines is 3. The van der Waals surface area contributed by atoms with Crippen LogP contribution in [-0.2, 0) is 20.6 Å². The van der Waals surface area contributed by atoms with Crippen LogP contribution in [0.2, 0.25) is 0 Å². The number of hydrogen-bond donors (Lipinski definition) is 2. The maximum Gasteiger partial charge on any atom is 0.416 e. The Morgan fingerprint density at radius 3 is 2.35 bits per heavy atom. The van der Waals surface area contributed by atoms with Crippen LogP contribution in [0.3, 0.4) is 0 Å². The van der Waals surface area contributed by atoms with E-state index < -0.39 is 29.6 Å². The average molecular weight is 433 g/mol. The molecule has 0 spiro atoms. The molecule has 31 heavy (non-hydrogen) atoms. The van der Waals surface area contributed by atoms with E-state index in [0.29, 0.717) is 17.8 Å². The van der Waals surface area contributed by atoms with E-state index in [9.17, 15) is 27.6 Å². The molecule has 9 heteroatoms. The van der Waals surface area contributed by atoms with Crippen LogP contribution < -0.4 is 15.5 Å². The Morgan fingerprint density at radius 1 is 1.10 bits per heavy atom. The molecule has 0 saturated carbocycles. The quantitative estimate of drug-likeness (QED) is 0.661. The predicted molar refractivity (Wildman–Crippen MR) is 110 cm³/mol. The maximum atomic E-state index is 13.0. The molecule has 1 heterocycles. The zero-order chi connectivity index (χ0) is 22.8. The molecule has 164 valence electrons. The molecule has 0 radical (unpaired) electrons. The van der Waals surface area contributed by atoms with Crippen molar-refractivity contribution in [3.8, 4) is 0 Å². The van der Waals surface area contributed by atoms with Crippen molar-refractivity contribution in [1.29, 1.82) is 0 Å². The van der Waals surface area contributed by atoms with E-state index in [1.807, 2.05) is 13.8 Å². The normalized spacial score (nSPS) is 16.7. The number of benzene rings is 2. The van der Waals surface area contributed by atoms with E-state index in [-0.39, 0.29) is 23.9 Å². The van der Waals surface area contributed by atoms with Gasteiger partial charge in [-0.2, -0.15) is 13.2 Å². The lowest BCUT2D eigenvalue weighted by molar-refractivity contribution is -0.137. The molecule has 2 aromatic carbocycles.